The lowest BCUT2D eigenvalue weighted by Crippen LogP contribution is -2.36. The average Bonchev–Trinajstić information content (AvgIpc) is 3.41. The summed E-state index contributed by atoms with van der Waals surface area (Å²) in [6.45, 7) is -10.1. The van der Waals surface area contributed by atoms with Gasteiger partial charge in [0.1, 0.15) is 11.9 Å². The Labute approximate surface area is 229 Å². The van der Waals surface area contributed by atoms with Gasteiger partial charge in [-0.1, -0.05) is 49.2 Å². The van der Waals surface area contributed by atoms with Crippen LogP contribution in [0.15, 0.2) is 53.8 Å². The number of benzene rings is 1. The molecule has 0 aromatic heterocycles. The van der Waals surface area contributed by atoms with E-state index >= 15 is 0 Å². The van der Waals surface area contributed by atoms with E-state index in [1.54, 1.807) is 0 Å². The van der Waals surface area contributed by atoms with Gasteiger partial charge in [0, 0.05) is 57.2 Å². The molecule has 3 aliphatic rings. The van der Waals surface area contributed by atoms with Gasteiger partial charge < -0.3 is 23.8 Å². The van der Waals surface area contributed by atoms with Gasteiger partial charge in [0.2, 0.25) is 5.79 Å². The quantitative estimate of drug-likeness (QED) is 0.312. The van der Waals surface area contributed by atoms with Crippen LogP contribution in [-0.4, -0.2) is 55.7 Å². The van der Waals surface area contributed by atoms with Gasteiger partial charge in [-0.15, -0.1) is 0 Å². The molecule has 35 heavy (non-hydrogen) atoms. The number of hydrogen-bond donors (Lipinski definition) is 0. The second kappa shape index (κ2) is 12.6. The van der Waals surface area contributed by atoms with E-state index in [1.165, 1.54) is 4.90 Å². The maximum absolute atomic E-state index is 12.7. The molecular formula is C29H41NO5. The summed E-state index contributed by atoms with van der Waals surface area (Å²) in [5.74, 6) is -6.02. The Morgan fingerprint density at radius 2 is 2.17 bits per heavy atom. The Morgan fingerprint density at radius 3 is 3.03 bits per heavy atom. The average molecular weight is 498 g/mol. The van der Waals surface area contributed by atoms with Crippen molar-refractivity contribution in [2.24, 2.45) is 5.89 Å². The molecule has 1 aromatic rings. The Morgan fingerprint density at radius 1 is 1.29 bits per heavy atom. The largest absolute Gasteiger partial charge is 0.463 e. The second-order valence-electron chi connectivity index (χ2n) is 8.46. The number of aryl methyl sites for hydroxylation is 1. The van der Waals surface area contributed by atoms with Gasteiger partial charge in [0.05, 0.1) is 20.0 Å². The molecular weight excluding hydrogens is 442 g/mol. The van der Waals surface area contributed by atoms with E-state index in [2.05, 4.69) is 0 Å². The maximum Gasteiger partial charge on any atom is 0.410 e. The van der Waals surface area contributed by atoms with Crippen LogP contribution in [0.1, 0.15) is 83.4 Å². The van der Waals surface area contributed by atoms with Crippen molar-refractivity contribution in [1.82, 2.24) is 4.90 Å². The van der Waals surface area contributed by atoms with Crippen molar-refractivity contribution in [3.8, 4) is 0 Å². The lowest BCUT2D eigenvalue weighted by atomic mass is 9.90. The predicted octanol–water partition coefficient (Wildman–Crippen LogP) is 6.02. The summed E-state index contributed by atoms with van der Waals surface area (Å²) < 4.78 is 136. The molecule has 2 fully saturated rings. The van der Waals surface area contributed by atoms with E-state index in [9.17, 15) is 4.79 Å². The molecule has 2 heterocycles. The number of carbonyl (C=O) groups is 1. The predicted molar refractivity (Wildman–Crippen MR) is 136 cm³/mol. The second-order valence-corrected chi connectivity index (χ2v) is 8.46. The Hall–Kier alpha value is -2.31. The summed E-state index contributed by atoms with van der Waals surface area (Å²) >= 11 is 0. The van der Waals surface area contributed by atoms with Crippen LogP contribution in [0.4, 0.5) is 4.79 Å². The number of amides is 1. The lowest BCUT2D eigenvalue weighted by Gasteiger charge is -2.36. The molecule has 192 valence electrons. The Balaban J connectivity index is 1.29. The van der Waals surface area contributed by atoms with E-state index in [-0.39, 0.29) is 26.1 Å². The molecule has 5 atom stereocenters. The lowest BCUT2D eigenvalue weighted by molar-refractivity contribution is -0.202. The van der Waals surface area contributed by atoms with E-state index in [0.717, 1.165) is 5.56 Å². The van der Waals surface area contributed by atoms with Crippen LogP contribution in [0.25, 0.3) is 0 Å². The summed E-state index contributed by atoms with van der Waals surface area (Å²) in [6, 6.07) is 7.74. The Kier molecular flexibility index (Phi) is 4.78. The third-order valence-electron chi connectivity index (χ3n) is 5.67. The number of carbonyl (C=O) groups excluding carboxylic acids is 1. The van der Waals surface area contributed by atoms with Crippen molar-refractivity contribution in [1.29, 1.82) is 0 Å². The van der Waals surface area contributed by atoms with Crippen molar-refractivity contribution >= 4 is 6.09 Å². The number of ether oxygens (including phenoxy) is 4. The number of rotatable bonds is 13. The van der Waals surface area contributed by atoms with Crippen molar-refractivity contribution in [3.05, 3.63) is 59.3 Å². The fourth-order valence-electron chi connectivity index (χ4n) is 3.82. The van der Waals surface area contributed by atoms with Crippen molar-refractivity contribution in [2.75, 3.05) is 32.8 Å². The van der Waals surface area contributed by atoms with E-state index in [0.29, 0.717) is 32.1 Å². The zero-order valence-corrected chi connectivity index (χ0v) is 19.5. The molecule has 1 aliphatic carbocycles. The summed E-state index contributed by atoms with van der Waals surface area (Å²) in [4.78, 5) is 14.0. The minimum Gasteiger partial charge on any atom is -0.463 e. The number of allylic oxidation sites excluding steroid dienone is 1. The summed E-state index contributed by atoms with van der Waals surface area (Å²) in [7, 11) is 0. The molecule has 4 rings (SSSR count). The highest BCUT2D eigenvalue weighted by atomic mass is 16.7. The molecule has 0 radical (unpaired) electrons. The normalized spacial score (nSPS) is 40.0. The van der Waals surface area contributed by atoms with Gasteiger partial charge in [-0.2, -0.15) is 0 Å². The smallest absolute Gasteiger partial charge is 0.410 e. The fourth-order valence-corrected chi connectivity index (χ4v) is 3.82. The van der Waals surface area contributed by atoms with Crippen LogP contribution in [0, 0.1) is 5.89 Å². The minimum atomic E-state index is -3.24. The minimum absolute atomic E-state index is 0.00795. The molecule has 6 heteroatoms. The highest BCUT2D eigenvalue weighted by molar-refractivity contribution is 5.70. The van der Waals surface area contributed by atoms with Crippen molar-refractivity contribution in [3.63, 3.8) is 0 Å². The summed E-state index contributed by atoms with van der Waals surface area (Å²) in [6.07, 6.45) is -3.89. The molecule has 2 aliphatic heterocycles. The van der Waals surface area contributed by atoms with Crippen LogP contribution >= 0.6 is 0 Å². The molecule has 5 unspecified atom stereocenters. The highest BCUT2D eigenvalue weighted by Crippen LogP contribution is 2.36. The van der Waals surface area contributed by atoms with Gasteiger partial charge in [-0.05, 0) is 50.1 Å². The SMILES string of the molecule is [2H]C1=C2OC(C([2H])[2H])(C([2H])([2H])[2H])OC([2H])C2=C([2H])C([2H])(C2CN(CCCCCCOC([2H])([2H])C([2H])([2H])CCc3ccccc3)C(=O)O2)C1[2H]. The van der Waals surface area contributed by atoms with Gasteiger partial charge in [0.15, 0.2) is 0 Å². The molecule has 2 saturated heterocycles. The van der Waals surface area contributed by atoms with Gasteiger partial charge in [0.25, 0.3) is 0 Å². The molecule has 1 amide bonds. The van der Waals surface area contributed by atoms with E-state index in [1.807, 2.05) is 30.3 Å². The zero-order valence-electron chi connectivity index (χ0n) is 33.5. The first-order valence-electron chi connectivity index (χ1n) is 19.1. The van der Waals surface area contributed by atoms with Crippen molar-refractivity contribution < 1.29 is 42.9 Å². The van der Waals surface area contributed by atoms with Crippen LogP contribution in [0.3, 0.4) is 0 Å². The number of nitrogens with zero attached hydrogens (tertiary/aromatic N) is 1. The van der Waals surface area contributed by atoms with E-state index in [4.69, 9.17) is 38.1 Å². The van der Waals surface area contributed by atoms with Crippen LogP contribution in [-0.2, 0) is 25.4 Å². The number of cyclic esters (lactones) is 1. The van der Waals surface area contributed by atoms with Crippen LogP contribution in [0.5, 0.6) is 0 Å². The summed E-state index contributed by atoms with van der Waals surface area (Å²) in [5.41, 5.74) is 0.397. The fraction of sp³-hybridized carbons (Fsp3) is 0.621. The molecule has 0 N–H and O–H groups in total. The molecule has 0 bridgehead atoms. The number of unbranched alkanes of at least 4 members (excludes halogenated alkanes) is 3. The number of hydrogen-bond acceptors (Lipinski definition) is 5. The first-order chi connectivity index (χ1) is 22.7. The van der Waals surface area contributed by atoms with Gasteiger partial charge in [-0.3, -0.25) is 0 Å². The third kappa shape index (κ3) is 7.84. The molecule has 0 spiro atoms. The zero-order chi connectivity index (χ0) is 36.6. The summed E-state index contributed by atoms with van der Waals surface area (Å²) in [5, 5.41) is 0. The molecule has 1 aromatic carbocycles. The molecule has 0 saturated carbocycles. The van der Waals surface area contributed by atoms with Crippen LogP contribution < -0.4 is 0 Å². The topological polar surface area (TPSA) is 57.2 Å². The van der Waals surface area contributed by atoms with Crippen molar-refractivity contribution in [2.45, 2.75) is 76.9 Å². The van der Waals surface area contributed by atoms with Crippen LogP contribution in [0.2, 0.25) is 0 Å². The number of fused-ring (bicyclic) bond motifs is 1. The first-order valence-corrected chi connectivity index (χ1v) is 11.8. The maximum atomic E-state index is 12.7. The Bertz CT molecular complexity index is 1410. The first kappa shape index (κ1) is 13.3. The molecule has 6 nitrogen and oxygen atoms in total. The monoisotopic (exact) mass is 497 g/mol. The van der Waals surface area contributed by atoms with Gasteiger partial charge >= 0.3 is 6.09 Å². The third-order valence-corrected chi connectivity index (χ3v) is 5.67. The standard InChI is InChI=1S/C29H41NO5/c1-29(2)33-22-25-20-24(15-16-26(25)35-29)27-21-30(28(31)34-27)17-9-3-4-10-18-32-19-11-8-14-23-12-6-5-7-13-23/h5-7,12-13,16,20,24,27H,3-4,8-11,14-15,17-19,21-22H2,1-2H3/i1D2,2D3,11D2,15D,16D,19D2,20D,22D,24D. The van der Waals surface area contributed by atoms with E-state index < -0.39 is 87.0 Å². The highest BCUT2D eigenvalue weighted by Gasteiger charge is 2.38. The van der Waals surface area contributed by atoms with Gasteiger partial charge in [-0.25, -0.2) is 4.79 Å².